The van der Waals surface area contributed by atoms with Crippen LogP contribution in [0.1, 0.15) is 17.4 Å². The number of aromatic nitrogens is 3. The van der Waals surface area contributed by atoms with Crippen molar-refractivity contribution in [1.29, 1.82) is 0 Å². The predicted molar refractivity (Wildman–Crippen MR) is 90.6 cm³/mol. The molecule has 0 N–H and O–H groups in total. The zero-order valence-corrected chi connectivity index (χ0v) is 14.1. The topological polar surface area (TPSA) is 71.5 Å². The first kappa shape index (κ1) is 16.4. The molecule has 24 heavy (non-hydrogen) atoms. The maximum atomic E-state index is 12.7. The Morgan fingerprint density at radius 1 is 1.25 bits per heavy atom. The number of anilines is 1. The first-order chi connectivity index (χ1) is 11.7. The average Bonchev–Trinajstić information content (AvgIpc) is 2.64. The second-order valence-corrected chi connectivity index (χ2v) is 5.66. The summed E-state index contributed by atoms with van der Waals surface area (Å²) in [5.74, 6) is 1.04. The lowest BCUT2D eigenvalue weighted by molar-refractivity contribution is 0.0739. The minimum atomic E-state index is -0.180. The van der Waals surface area contributed by atoms with Gasteiger partial charge in [0.2, 0.25) is 5.88 Å². The van der Waals surface area contributed by atoms with E-state index in [-0.39, 0.29) is 11.6 Å². The number of ether oxygens (including phenoxy) is 1. The van der Waals surface area contributed by atoms with Gasteiger partial charge in [0.25, 0.3) is 5.91 Å². The molecule has 2 aromatic heterocycles. The molecule has 0 radical (unpaired) electrons. The van der Waals surface area contributed by atoms with Crippen molar-refractivity contribution < 1.29 is 9.53 Å². The number of piperazine rings is 1. The van der Waals surface area contributed by atoms with E-state index in [0.717, 1.165) is 5.82 Å². The van der Waals surface area contributed by atoms with Crippen LogP contribution in [0.2, 0.25) is 5.02 Å². The lowest BCUT2D eigenvalue weighted by atomic mass is 10.2. The van der Waals surface area contributed by atoms with Gasteiger partial charge in [-0.25, -0.2) is 9.97 Å². The summed E-state index contributed by atoms with van der Waals surface area (Å²) in [4.78, 5) is 29.1. The second kappa shape index (κ2) is 7.44. The zero-order chi connectivity index (χ0) is 16.9. The van der Waals surface area contributed by atoms with E-state index >= 15 is 0 Å². The van der Waals surface area contributed by atoms with E-state index in [2.05, 4.69) is 19.9 Å². The van der Waals surface area contributed by atoms with Crippen LogP contribution in [-0.4, -0.2) is 58.5 Å². The largest absolute Gasteiger partial charge is 0.478 e. The van der Waals surface area contributed by atoms with Gasteiger partial charge in [-0.3, -0.25) is 9.78 Å². The number of nitrogens with zero attached hydrogens (tertiary/aromatic N) is 5. The third-order valence-electron chi connectivity index (χ3n) is 3.76. The van der Waals surface area contributed by atoms with E-state index in [4.69, 9.17) is 16.3 Å². The minimum absolute atomic E-state index is 0.180. The molecule has 2 aromatic rings. The lowest BCUT2D eigenvalue weighted by Gasteiger charge is -2.35. The Kier molecular flexibility index (Phi) is 5.10. The number of halogens is 1. The van der Waals surface area contributed by atoms with Crippen molar-refractivity contribution in [2.24, 2.45) is 0 Å². The van der Waals surface area contributed by atoms with E-state index in [1.165, 1.54) is 0 Å². The molecule has 0 unspecified atom stereocenters. The number of amides is 1. The van der Waals surface area contributed by atoms with Gasteiger partial charge in [0.1, 0.15) is 5.82 Å². The summed E-state index contributed by atoms with van der Waals surface area (Å²) in [5, 5.41) is 0.333. The fraction of sp³-hybridized carbons (Fsp3) is 0.375. The van der Waals surface area contributed by atoms with Crippen LogP contribution >= 0.6 is 11.6 Å². The highest BCUT2D eigenvalue weighted by molar-refractivity contribution is 6.33. The minimum Gasteiger partial charge on any atom is -0.478 e. The summed E-state index contributed by atoms with van der Waals surface area (Å²) in [6, 6.07) is 3.30. The van der Waals surface area contributed by atoms with E-state index < -0.39 is 0 Å². The maximum absolute atomic E-state index is 12.7. The zero-order valence-electron chi connectivity index (χ0n) is 13.4. The molecule has 0 saturated carbocycles. The Balaban J connectivity index is 1.68. The number of hydrogen-bond donors (Lipinski definition) is 0. The number of hydrogen-bond acceptors (Lipinski definition) is 6. The Morgan fingerprint density at radius 3 is 2.71 bits per heavy atom. The summed E-state index contributed by atoms with van der Waals surface area (Å²) in [5.41, 5.74) is 0.232. The van der Waals surface area contributed by atoms with Crippen LogP contribution in [0.25, 0.3) is 0 Å². The van der Waals surface area contributed by atoms with Crippen molar-refractivity contribution in [3.8, 4) is 5.88 Å². The molecule has 0 aromatic carbocycles. The summed E-state index contributed by atoms with van der Waals surface area (Å²) in [6.45, 7) is 4.88. The molecule has 1 aliphatic rings. The molecule has 8 heteroatoms. The molecule has 1 amide bonds. The Bertz CT molecular complexity index is 705. The van der Waals surface area contributed by atoms with Crippen LogP contribution in [0, 0.1) is 0 Å². The summed E-state index contributed by atoms with van der Waals surface area (Å²) in [6.07, 6.45) is 5.03. The van der Waals surface area contributed by atoms with Crippen molar-refractivity contribution in [2.45, 2.75) is 6.92 Å². The number of carbonyl (C=O) groups is 1. The smallest absolute Gasteiger partial charge is 0.274 e. The van der Waals surface area contributed by atoms with Crippen molar-refractivity contribution in [3.63, 3.8) is 0 Å². The van der Waals surface area contributed by atoms with Crippen LogP contribution in [0.4, 0.5) is 5.82 Å². The van der Waals surface area contributed by atoms with Crippen LogP contribution in [-0.2, 0) is 0 Å². The van der Waals surface area contributed by atoms with Crippen LogP contribution < -0.4 is 9.64 Å². The SMILES string of the molecule is CCOc1ccc(Cl)c(C(=O)N2CCN(c3cnccn3)CC2)n1. The molecule has 0 bridgehead atoms. The standard InChI is InChI=1S/C16H18ClN5O2/c1-2-24-14-4-3-12(17)15(20-14)16(23)22-9-7-21(8-10-22)13-11-18-5-6-19-13/h3-6,11H,2,7-10H2,1H3. The molecule has 0 aliphatic carbocycles. The molecule has 0 spiro atoms. The van der Waals surface area contributed by atoms with Crippen molar-refractivity contribution >= 4 is 23.3 Å². The summed E-state index contributed by atoms with van der Waals surface area (Å²) >= 11 is 6.14. The molecular formula is C16H18ClN5O2. The van der Waals surface area contributed by atoms with E-state index in [9.17, 15) is 4.79 Å². The van der Waals surface area contributed by atoms with E-state index in [1.807, 2.05) is 6.92 Å². The average molecular weight is 348 g/mol. The lowest BCUT2D eigenvalue weighted by Crippen LogP contribution is -2.49. The van der Waals surface area contributed by atoms with Gasteiger partial charge >= 0.3 is 0 Å². The van der Waals surface area contributed by atoms with Crippen molar-refractivity contribution in [3.05, 3.63) is 41.4 Å². The Hall–Kier alpha value is -2.41. The molecular weight excluding hydrogens is 330 g/mol. The van der Waals surface area contributed by atoms with Gasteiger partial charge < -0.3 is 14.5 Å². The number of rotatable bonds is 4. The third-order valence-corrected chi connectivity index (χ3v) is 4.06. The predicted octanol–water partition coefficient (Wildman–Crippen LogP) is 1.89. The highest BCUT2D eigenvalue weighted by atomic mass is 35.5. The van der Waals surface area contributed by atoms with Gasteiger partial charge in [-0.2, -0.15) is 0 Å². The molecule has 0 atom stereocenters. The van der Waals surface area contributed by atoms with E-state index in [0.29, 0.717) is 43.7 Å². The first-order valence-corrected chi connectivity index (χ1v) is 8.16. The van der Waals surface area contributed by atoms with E-state index in [1.54, 1.807) is 35.6 Å². The second-order valence-electron chi connectivity index (χ2n) is 5.26. The molecule has 3 rings (SSSR count). The van der Waals surface area contributed by atoms with Crippen LogP contribution in [0.15, 0.2) is 30.7 Å². The molecule has 1 saturated heterocycles. The maximum Gasteiger partial charge on any atom is 0.274 e. The summed E-state index contributed by atoms with van der Waals surface area (Å²) < 4.78 is 5.35. The molecule has 126 valence electrons. The highest BCUT2D eigenvalue weighted by Crippen LogP contribution is 2.21. The fourth-order valence-electron chi connectivity index (χ4n) is 2.55. The fourth-order valence-corrected chi connectivity index (χ4v) is 2.73. The van der Waals surface area contributed by atoms with Gasteiger partial charge in [0, 0.05) is 44.6 Å². The van der Waals surface area contributed by atoms with Crippen molar-refractivity contribution in [2.75, 3.05) is 37.7 Å². The van der Waals surface area contributed by atoms with Crippen LogP contribution in [0.3, 0.4) is 0 Å². The van der Waals surface area contributed by atoms with Gasteiger partial charge in [-0.05, 0) is 13.0 Å². The molecule has 7 nitrogen and oxygen atoms in total. The van der Waals surface area contributed by atoms with Gasteiger partial charge in [0.15, 0.2) is 5.69 Å². The van der Waals surface area contributed by atoms with Crippen LogP contribution in [0.5, 0.6) is 5.88 Å². The van der Waals surface area contributed by atoms with Gasteiger partial charge in [0.05, 0.1) is 17.8 Å². The van der Waals surface area contributed by atoms with Crippen molar-refractivity contribution in [1.82, 2.24) is 19.9 Å². The normalized spacial score (nSPS) is 14.6. The quantitative estimate of drug-likeness (QED) is 0.841. The highest BCUT2D eigenvalue weighted by Gasteiger charge is 2.25. The number of carbonyl (C=O) groups excluding carboxylic acids is 1. The number of pyridine rings is 1. The molecule has 1 fully saturated rings. The monoisotopic (exact) mass is 347 g/mol. The summed E-state index contributed by atoms with van der Waals surface area (Å²) in [7, 11) is 0. The Morgan fingerprint density at radius 2 is 2.04 bits per heavy atom. The first-order valence-electron chi connectivity index (χ1n) is 7.78. The van der Waals surface area contributed by atoms with Gasteiger partial charge in [-0.1, -0.05) is 11.6 Å². The molecule has 3 heterocycles. The Labute approximate surface area is 145 Å². The molecule has 1 aliphatic heterocycles. The van der Waals surface area contributed by atoms with Gasteiger partial charge in [-0.15, -0.1) is 0 Å². The third kappa shape index (κ3) is 3.56.